The zero-order valence-corrected chi connectivity index (χ0v) is 10.9. The molecular weight excluding hydrogens is 208 g/mol. The van der Waals surface area contributed by atoms with Crippen LogP contribution in [0.3, 0.4) is 0 Å². The van der Waals surface area contributed by atoms with E-state index in [1.807, 2.05) is 0 Å². The van der Waals surface area contributed by atoms with Gasteiger partial charge in [-0.2, -0.15) is 0 Å². The van der Waals surface area contributed by atoms with E-state index in [4.69, 9.17) is 4.74 Å². The average Bonchev–Trinajstić information content (AvgIpc) is 2.40. The highest BCUT2D eigenvalue weighted by molar-refractivity contribution is 5.81. The zero-order valence-electron chi connectivity index (χ0n) is 10.9. The largest absolute Gasteiger partial charge is 0.381 e. The minimum atomic E-state index is 0.924. The van der Waals surface area contributed by atoms with Crippen LogP contribution in [-0.4, -0.2) is 13.2 Å². The molecule has 0 spiro atoms. The van der Waals surface area contributed by atoms with Gasteiger partial charge < -0.3 is 4.74 Å². The Labute approximate surface area is 104 Å². The normalized spacial score (nSPS) is 9.76. The fourth-order valence-electron chi connectivity index (χ4n) is 1.52. The van der Waals surface area contributed by atoms with Crippen LogP contribution in [0, 0.1) is 0 Å². The monoisotopic (exact) mass is 230 g/mol. The summed E-state index contributed by atoms with van der Waals surface area (Å²) in [6.45, 7) is 6.09. The Bertz CT molecular complexity index is 339. The lowest BCUT2D eigenvalue weighted by Crippen LogP contribution is -1.92. The molecule has 0 unspecified atom stereocenters. The van der Waals surface area contributed by atoms with Crippen LogP contribution >= 0.6 is 0 Å². The highest BCUT2D eigenvalue weighted by Crippen LogP contribution is 2.11. The first-order chi connectivity index (χ1) is 8.38. The number of ether oxygens (including phenoxy) is 1. The third kappa shape index (κ3) is 5.50. The molecular formula is C16H22O. The van der Waals surface area contributed by atoms with Crippen molar-refractivity contribution in [2.24, 2.45) is 0 Å². The molecule has 0 aliphatic carbocycles. The van der Waals surface area contributed by atoms with E-state index < -0.39 is 0 Å². The number of hydrogen-bond donors (Lipinski definition) is 0. The lowest BCUT2D eigenvalue weighted by Gasteiger charge is -1.95. The molecule has 2 aromatic rings. The van der Waals surface area contributed by atoms with Crippen molar-refractivity contribution in [1.82, 2.24) is 0 Å². The summed E-state index contributed by atoms with van der Waals surface area (Å²) in [4.78, 5) is 0. The van der Waals surface area contributed by atoms with Gasteiger partial charge in [0.2, 0.25) is 0 Å². The number of benzene rings is 2. The predicted molar refractivity (Wildman–Crippen MR) is 75.3 cm³/mol. The van der Waals surface area contributed by atoms with Gasteiger partial charge in [-0.3, -0.25) is 0 Å². The van der Waals surface area contributed by atoms with Crippen LogP contribution in [0.2, 0.25) is 0 Å². The summed E-state index contributed by atoms with van der Waals surface area (Å²) in [6, 6.07) is 16.7. The lowest BCUT2D eigenvalue weighted by atomic mass is 10.1. The van der Waals surface area contributed by atoms with E-state index in [-0.39, 0.29) is 0 Å². The van der Waals surface area contributed by atoms with Crippen molar-refractivity contribution in [3.63, 3.8) is 0 Å². The molecule has 0 heterocycles. The lowest BCUT2D eigenvalue weighted by molar-refractivity contribution is 0.135. The van der Waals surface area contributed by atoms with Gasteiger partial charge in [0.15, 0.2) is 0 Å². The van der Waals surface area contributed by atoms with E-state index in [1.54, 1.807) is 0 Å². The van der Waals surface area contributed by atoms with E-state index >= 15 is 0 Å². The number of hydrogen-bond acceptors (Lipinski definition) is 1. The fraction of sp³-hybridized carbons (Fsp3) is 0.375. The van der Waals surface area contributed by atoms with Crippen LogP contribution in [0.4, 0.5) is 0 Å². The Morgan fingerprint density at radius 1 is 0.706 bits per heavy atom. The Morgan fingerprint density at radius 3 is 1.35 bits per heavy atom. The van der Waals surface area contributed by atoms with Gasteiger partial charge in [0.05, 0.1) is 0 Å². The summed E-state index contributed by atoms with van der Waals surface area (Å²) >= 11 is 0. The van der Waals surface area contributed by atoms with Gasteiger partial charge in [-0.1, -0.05) is 62.4 Å². The van der Waals surface area contributed by atoms with Crippen LogP contribution in [0.25, 0.3) is 10.8 Å². The van der Waals surface area contributed by atoms with Crippen LogP contribution in [-0.2, 0) is 4.74 Å². The van der Waals surface area contributed by atoms with E-state index in [1.165, 1.54) is 10.8 Å². The molecule has 0 fully saturated rings. The summed E-state index contributed by atoms with van der Waals surface area (Å²) in [5.41, 5.74) is 0. The molecule has 0 saturated carbocycles. The summed E-state index contributed by atoms with van der Waals surface area (Å²) in [6.07, 6.45) is 2.28. The molecule has 0 bridgehead atoms. The molecule has 0 aromatic heterocycles. The molecule has 0 aliphatic heterocycles. The first-order valence-electron chi connectivity index (χ1n) is 6.40. The Hall–Kier alpha value is -1.34. The molecule has 0 radical (unpaired) electrons. The van der Waals surface area contributed by atoms with Crippen LogP contribution < -0.4 is 0 Å². The summed E-state index contributed by atoms with van der Waals surface area (Å²) in [5.74, 6) is 0. The van der Waals surface area contributed by atoms with Crippen LogP contribution in [0.1, 0.15) is 26.7 Å². The maximum Gasteiger partial charge on any atom is 0.0463 e. The Kier molecular flexibility index (Phi) is 7.08. The predicted octanol–water partition coefficient (Wildman–Crippen LogP) is 4.66. The van der Waals surface area contributed by atoms with Crippen molar-refractivity contribution in [2.45, 2.75) is 26.7 Å². The van der Waals surface area contributed by atoms with E-state index in [2.05, 4.69) is 62.4 Å². The second kappa shape index (κ2) is 8.77. The molecule has 0 amide bonds. The number of fused-ring (bicyclic) bond motifs is 1. The Morgan fingerprint density at radius 2 is 1.06 bits per heavy atom. The molecule has 2 aromatic carbocycles. The first-order valence-corrected chi connectivity index (χ1v) is 6.40. The number of rotatable bonds is 4. The highest BCUT2D eigenvalue weighted by Gasteiger charge is 1.85. The second-order valence-corrected chi connectivity index (χ2v) is 3.96. The van der Waals surface area contributed by atoms with Crippen molar-refractivity contribution in [3.05, 3.63) is 48.5 Å². The molecule has 17 heavy (non-hydrogen) atoms. The van der Waals surface area contributed by atoms with Gasteiger partial charge in [0, 0.05) is 13.2 Å². The molecule has 2 rings (SSSR count). The average molecular weight is 230 g/mol. The van der Waals surface area contributed by atoms with Gasteiger partial charge in [0.25, 0.3) is 0 Å². The molecule has 92 valence electrons. The van der Waals surface area contributed by atoms with E-state index in [0.717, 1.165) is 26.1 Å². The molecule has 1 heteroatoms. The maximum absolute atomic E-state index is 5.13. The van der Waals surface area contributed by atoms with Gasteiger partial charge in [-0.25, -0.2) is 0 Å². The van der Waals surface area contributed by atoms with Crippen LogP contribution in [0.15, 0.2) is 48.5 Å². The Balaban J connectivity index is 0.000000185. The van der Waals surface area contributed by atoms with Crippen molar-refractivity contribution in [1.29, 1.82) is 0 Å². The summed E-state index contributed by atoms with van der Waals surface area (Å²) in [7, 11) is 0. The minimum Gasteiger partial charge on any atom is -0.381 e. The van der Waals surface area contributed by atoms with Crippen molar-refractivity contribution < 1.29 is 4.74 Å². The van der Waals surface area contributed by atoms with E-state index in [9.17, 15) is 0 Å². The van der Waals surface area contributed by atoms with Crippen LogP contribution in [0.5, 0.6) is 0 Å². The van der Waals surface area contributed by atoms with E-state index in [0.29, 0.717) is 0 Å². The standard InChI is InChI=1S/C10H8.C6H14O/c1-2-6-10-8-4-3-7-9(10)5-1;1-3-5-7-6-4-2/h1-8H;3-6H2,1-2H3. The zero-order chi connectivity index (χ0) is 12.3. The highest BCUT2D eigenvalue weighted by atomic mass is 16.5. The smallest absolute Gasteiger partial charge is 0.0463 e. The molecule has 0 saturated heterocycles. The van der Waals surface area contributed by atoms with Gasteiger partial charge in [0.1, 0.15) is 0 Å². The molecule has 1 nitrogen and oxygen atoms in total. The summed E-state index contributed by atoms with van der Waals surface area (Å²) in [5, 5.41) is 2.62. The minimum absolute atomic E-state index is 0.924. The van der Waals surface area contributed by atoms with Gasteiger partial charge in [-0.05, 0) is 23.6 Å². The van der Waals surface area contributed by atoms with Crippen molar-refractivity contribution in [2.75, 3.05) is 13.2 Å². The first kappa shape index (κ1) is 13.7. The summed E-state index contributed by atoms with van der Waals surface area (Å²) < 4.78 is 5.13. The topological polar surface area (TPSA) is 9.23 Å². The van der Waals surface area contributed by atoms with Crippen molar-refractivity contribution >= 4 is 10.8 Å². The molecule has 0 N–H and O–H groups in total. The molecule has 0 aliphatic rings. The molecule has 0 atom stereocenters. The third-order valence-corrected chi connectivity index (χ3v) is 2.36. The van der Waals surface area contributed by atoms with Gasteiger partial charge in [-0.15, -0.1) is 0 Å². The second-order valence-electron chi connectivity index (χ2n) is 3.96. The third-order valence-electron chi connectivity index (χ3n) is 2.36. The SMILES string of the molecule is CCCOCCC.c1ccc2ccccc2c1. The maximum atomic E-state index is 5.13. The fourth-order valence-corrected chi connectivity index (χ4v) is 1.52. The van der Waals surface area contributed by atoms with Crippen molar-refractivity contribution in [3.8, 4) is 0 Å². The quantitative estimate of drug-likeness (QED) is 0.694. The van der Waals surface area contributed by atoms with Gasteiger partial charge >= 0.3 is 0 Å².